The van der Waals surface area contributed by atoms with Gasteiger partial charge in [0.2, 0.25) is 0 Å². The first kappa shape index (κ1) is 9.82. The Morgan fingerprint density at radius 2 is 1.06 bits per heavy atom. The normalized spacial score (nSPS) is 12.1. The highest BCUT2D eigenvalue weighted by Crippen LogP contribution is 2.46. The van der Waals surface area contributed by atoms with E-state index in [1.54, 1.807) is 36.4 Å². The fourth-order valence-corrected chi connectivity index (χ4v) is 1.85. The van der Waals surface area contributed by atoms with Crippen LogP contribution in [0.2, 0.25) is 10.0 Å². The SMILES string of the molecule is Clc1ccc2c(c1)Oc1ccc(Cl)cc1O2. The van der Waals surface area contributed by atoms with Crippen molar-refractivity contribution in [2.24, 2.45) is 0 Å². The molecule has 1 heterocycles. The summed E-state index contributed by atoms with van der Waals surface area (Å²) < 4.78 is 11.3. The molecule has 0 aromatic heterocycles. The van der Waals surface area contributed by atoms with Crippen LogP contribution < -0.4 is 9.47 Å². The molecule has 0 atom stereocenters. The predicted molar refractivity (Wildman–Crippen MR) is 63.1 cm³/mol. The third kappa shape index (κ3) is 1.60. The summed E-state index contributed by atoms with van der Waals surface area (Å²) in [4.78, 5) is 0. The van der Waals surface area contributed by atoms with Gasteiger partial charge in [-0.1, -0.05) is 23.2 Å². The van der Waals surface area contributed by atoms with Crippen LogP contribution in [0.3, 0.4) is 0 Å². The summed E-state index contributed by atoms with van der Waals surface area (Å²) in [6, 6.07) is 10.5. The van der Waals surface area contributed by atoms with Crippen LogP contribution in [-0.2, 0) is 0 Å². The molecule has 0 fully saturated rings. The Morgan fingerprint density at radius 3 is 1.50 bits per heavy atom. The minimum atomic E-state index is 0.611. The summed E-state index contributed by atoms with van der Waals surface area (Å²) in [7, 11) is 0. The molecule has 2 aromatic carbocycles. The molecule has 0 bridgehead atoms. The van der Waals surface area contributed by atoms with Crippen LogP contribution in [0.5, 0.6) is 23.0 Å². The minimum Gasteiger partial charge on any atom is -0.449 e. The van der Waals surface area contributed by atoms with Crippen LogP contribution in [0.1, 0.15) is 0 Å². The smallest absolute Gasteiger partial charge is 0.171 e. The summed E-state index contributed by atoms with van der Waals surface area (Å²) in [5, 5.41) is 1.22. The lowest BCUT2D eigenvalue weighted by atomic mass is 10.2. The Kier molecular flexibility index (Phi) is 2.20. The molecule has 80 valence electrons. The van der Waals surface area contributed by atoms with Crippen molar-refractivity contribution in [3.63, 3.8) is 0 Å². The number of ether oxygens (including phenoxy) is 2. The second kappa shape index (κ2) is 3.58. The van der Waals surface area contributed by atoms with Crippen molar-refractivity contribution in [2.75, 3.05) is 0 Å². The summed E-state index contributed by atoms with van der Waals surface area (Å²) in [6.07, 6.45) is 0. The van der Waals surface area contributed by atoms with E-state index in [-0.39, 0.29) is 0 Å². The standard InChI is InChI=1S/C12H6Cl2O2/c13-7-1-3-9-11(5-7)16-10-4-2-8(14)6-12(10)15-9/h1-6H. The van der Waals surface area contributed by atoms with Crippen LogP contribution in [0, 0.1) is 0 Å². The minimum absolute atomic E-state index is 0.611. The maximum Gasteiger partial charge on any atom is 0.171 e. The number of fused-ring (bicyclic) bond motifs is 2. The van der Waals surface area contributed by atoms with Gasteiger partial charge >= 0.3 is 0 Å². The first-order valence-electron chi connectivity index (χ1n) is 4.67. The molecule has 0 amide bonds. The molecule has 16 heavy (non-hydrogen) atoms. The van der Waals surface area contributed by atoms with E-state index < -0.39 is 0 Å². The first-order chi connectivity index (χ1) is 7.72. The zero-order chi connectivity index (χ0) is 11.1. The van der Waals surface area contributed by atoms with E-state index in [0.29, 0.717) is 33.0 Å². The first-order valence-corrected chi connectivity index (χ1v) is 5.43. The molecule has 2 nitrogen and oxygen atoms in total. The average molecular weight is 253 g/mol. The van der Waals surface area contributed by atoms with Crippen LogP contribution in [0.15, 0.2) is 36.4 Å². The van der Waals surface area contributed by atoms with E-state index in [1.165, 1.54) is 0 Å². The van der Waals surface area contributed by atoms with E-state index in [1.807, 2.05) is 0 Å². The molecular weight excluding hydrogens is 247 g/mol. The van der Waals surface area contributed by atoms with Crippen molar-refractivity contribution >= 4 is 23.2 Å². The molecule has 0 saturated heterocycles. The van der Waals surface area contributed by atoms with Gasteiger partial charge in [0.15, 0.2) is 23.0 Å². The number of benzene rings is 2. The molecule has 1 aliphatic heterocycles. The zero-order valence-electron chi connectivity index (χ0n) is 8.04. The lowest BCUT2D eigenvalue weighted by molar-refractivity contribution is 0.359. The van der Waals surface area contributed by atoms with Crippen molar-refractivity contribution in [3.8, 4) is 23.0 Å². The lowest BCUT2D eigenvalue weighted by Crippen LogP contribution is -1.98. The van der Waals surface area contributed by atoms with Gasteiger partial charge in [0.25, 0.3) is 0 Å². The van der Waals surface area contributed by atoms with Crippen molar-refractivity contribution in [3.05, 3.63) is 46.4 Å². The van der Waals surface area contributed by atoms with Gasteiger partial charge in [-0.05, 0) is 24.3 Å². The van der Waals surface area contributed by atoms with E-state index in [4.69, 9.17) is 32.7 Å². The fourth-order valence-electron chi connectivity index (χ4n) is 1.53. The average Bonchev–Trinajstić information content (AvgIpc) is 2.26. The molecule has 0 saturated carbocycles. The van der Waals surface area contributed by atoms with Crippen molar-refractivity contribution in [2.45, 2.75) is 0 Å². The molecule has 0 aliphatic carbocycles. The van der Waals surface area contributed by atoms with Gasteiger partial charge < -0.3 is 9.47 Å². The third-order valence-electron chi connectivity index (χ3n) is 2.25. The van der Waals surface area contributed by atoms with Gasteiger partial charge in [-0.15, -0.1) is 0 Å². The zero-order valence-corrected chi connectivity index (χ0v) is 9.55. The number of hydrogen-bond acceptors (Lipinski definition) is 2. The molecule has 4 heteroatoms. The fraction of sp³-hybridized carbons (Fsp3) is 0. The van der Waals surface area contributed by atoms with Crippen LogP contribution in [0.4, 0.5) is 0 Å². The number of hydrogen-bond donors (Lipinski definition) is 0. The van der Waals surface area contributed by atoms with Crippen LogP contribution in [0.25, 0.3) is 0 Å². The molecule has 3 rings (SSSR count). The number of rotatable bonds is 0. The summed E-state index contributed by atoms with van der Waals surface area (Å²) >= 11 is 11.7. The summed E-state index contributed by atoms with van der Waals surface area (Å²) in [5.41, 5.74) is 0. The highest BCUT2D eigenvalue weighted by Gasteiger charge is 2.18. The van der Waals surface area contributed by atoms with Gasteiger partial charge in [-0.2, -0.15) is 0 Å². The molecule has 0 spiro atoms. The Bertz CT molecular complexity index is 515. The molecular formula is C12H6Cl2O2. The second-order valence-corrected chi connectivity index (χ2v) is 4.26. The number of halogens is 2. The van der Waals surface area contributed by atoms with Gasteiger partial charge in [-0.25, -0.2) is 0 Å². The Labute approximate surface area is 102 Å². The van der Waals surface area contributed by atoms with Gasteiger partial charge in [0, 0.05) is 22.2 Å². The second-order valence-electron chi connectivity index (χ2n) is 3.39. The predicted octanol–water partition coefficient (Wildman–Crippen LogP) is 4.89. The molecule has 1 aliphatic rings. The third-order valence-corrected chi connectivity index (χ3v) is 2.72. The summed E-state index contributed by atoms with van der Waals surface area (Å²) in [5.74, 6) is 2.50. The van der Waals surface area contributed by atoms with Crippen molar-refractivity contribution in [1.82, 2.24) is 0 Å². The van der Waals surface area contributed by atoms with E-state index >= 15 is 0 Å². The van der Waals surface area contributed by atoms with Crippen molar-refractivity contribution < 1.29 is 9.47 Å². The molecule has 0 N–H and O–H groups in total. The van der Waals surface area contributed by atoms with Gasteiger partial charge in [0.05, 0.1) is 0 Å². The lowest BCUT2D eigenvalue weighted by Gasteiger charge is -2.20. The highest BCUT2D eigenvalue weighted by molar-refractivity contribution is 6.31. The Hall–Kier alpha value is -1.38. The molecule has 2 aromatic rings. The largest absolute Gasteiger partial charge is 0.449 e. The maximum atomic E-state index is 5.87. The van der Waals surface area contributed by atoms with E-state index in [0.717, 1.165) is 0 Å². The molecule has 0 unspecified atom stereocenters. The quantitative estimate of drug-likeness (QED) is 0.567. The van der Waals surface area contributed by atoms with Crippen molar-refractivity contribution in [1.29, 1.82) is 0 Å². The van der Waals surface area contributed by atoms with Gasteiger partial charge in [-0.3, -0.25) is 0 Å². The topological polar surface area (TPSA) is 18.5 Å². The Morgan fingerprint density at radius 1 is 0.625 bits per heavy atom. The summed E-state index contributed by atoms with van der Waals surface area (Å²) in [6.45, 7) is 0. The Balaban J connectivity index is 2.09. The van der Waals surface area contributed by atoms with E-state index in [2.05, 4.69) is 0 Å². The maximum absolute atomic E-state index is 5.87. The van der Waals surface area contributed by atoms with E-state index in [9.17, 15) is 0 Å². The van der Waals surface area contributed by atoms with Crippen LogP contribution >= 0.6 is 23.2 Å². The molecule has 0 radical (unpaired) electrons. The van der Waals surface area contributed by atoms with Gasteiger partial charge in [0.1, 0.15) is 0 Å². The monoisotopic (exact) mass is 252 g/mol. The highest BCUT2D eigenvalue weighted by atomic mass is 35.5. The van der Waals surface area contributed by atoms with Crippen LogP contribution in [-0.4, -0.2) is 0 Å².